The van der Waals surface area contributed by atoms with Crippen LogP contribution in [0.4, 0.5) is 11.4 Å². The predicted molar refractivity (Wildman–Crippen MR) is 187 cm³/mol. The number of amides is 2. The fourth-order valence-electron chi connectivity index (χ4n) is 5.50. The van der Waals surface area contributed by atoms with Crippen molar-refractivity contribution >= 4 is 66.3 Å². The molecule has 0 aliphatic heterocycles. The molecule has 238 valence electrons. The van der Waals surface area contributed by atoms with Gasteiger partial charge in [0.05, 0.1) is 35.8 Å². The normalized spacial score (nSPS) is 10.9. The van der Waals surface area contributed by atoms with E-state index in [1.165, 1.54) is 0 Å². The molecule has 6 aromatic rings. The molecule has 13 heteroatoms. The zero-order valence-corrected chi connectivity index (χ0v) is 27.4. The van der Waals surface area contributed by atoms with Gasteiger partial charge < -0.3 is 26.3 Å². The van der Waals surface area contributed by atoms with E-state index in [9.17, 15) is 20.1 Å². The SMILES string of the molecule is CCOCc1nc2sc(C(N)=O)c(NC(=O)c3sc4nc(OCC)c(C#N)c(-c5ccccc5)c4c3N)c2c(-c2ccccc2)c1C#N. The Hall–Kier alpha value is -5.86. The topological polar surface area (TPSA) is 190 Å². The first kappa shape index (κ1) is 32.1. The van der Waals surface area contributed by atoms with Crippen LogP contribution < -0.4 is 21.5 Å². The maximum atomic E-state index is 14.2. The number of primary amides is 1. The van der Waals surface area contributed by atoms with E-state index < -0.39 is 11.8 Å². The highest BCUT2D eigenvalue weighted by atomic mass is 32.1. The van der Waals surface area contributed by atoms with Gasteiger partial charge in [-0.1, -0.05) is 60.7 Å². The average molecular weight is 674 g/mol. The van der Waals surface area contributed by atoms with Crippen molar-refractivity contribution in [2.75, 3.05) is 24.3 Å². The summed E-state index contributed by atoms with van der Waals surface area (Å²) in [6, 6.07) is 22.8. The molecule has 0 atom stereocenters. The van der Waals surface area contributed by atoms with E-state index in [0.29, 0.717) is 55.0 Å². The number of ether oxygens (including phenoxy) is 2. The molecule has 0 spiro atoms. The number of anilines is 2. The van der Waals surface area contributed by atoms with Crippen molar-refractivity contribution in [3.63, 3.8) is 0 Å². The second-order valence-corrected chi connectivity index (χ2v) is 12.3. The molecule has 0 unspecified atom stereocenters. The molecule has 48 heavy (non-hydrogen) atoms. The lowest BCUT2D eigenvalue weighted by Gasteiger charge is -2.13. The summed E-state index contributed by atoms with van der Waals surface area (Å²) in [6.45, 7) is 4.37. The first-order chi connectivity index (χ1) is 23.3. The third kappa shape index (κ3) is 5.56. The minimum absolute atomic E-state index is 0.0497. The summed E-state index contributed by atoms with van der Waals surface area (Å²) in [6.07, 6.45) is 0. The smallest absolute Gasteiger partial charge is 0.268 e. The Bertz CT molecular complexity index is 2300. The zero-order chi connectivity index (χ0) is 33.9. The molecule has 2 aromatic carbocycles. The van der Waals surface area contributed by atoms with E-state index in [1.54, 1.807) is 6.92 Å². The number of nitrogens with two attached hydrogens (primary N) is 2. The van der Waals surface area contributed by atoms with E-state index >= 15 is 0 Å². The maximum Gasteiger partial charge on any atom is 0.268 e. The number of nitriles is 2. The van der Waals surface area contributed by atoms with Crippen molar-refractivity contribution in [2.45, 2.75) is 20.5 Å². The number of thiophene rings is 2. The Morgan fingerprint density at radius 2 is 1.42 bits per heavy atom. The third-order valence-corrected chi connectivity index (χ3v) is 9.70. The monoisotopic (exact) mass is 673 g/mol. The molecular weight excluding hydrogens is 647 g/mol. The number of hydrogen-bond donors (Lipinski definition) is 3. The summed E-state index contributed by atoms with van der Waals surface area (Å²) in [5.74, 6) is -1.29. The first-order valence-corrected chi connectivity index (χ1v) is 16.4. The van der Waals surface area contributed by atoms with Gasteiger partial charge in [-0.2, -0.15) is 10.5 Å². The van der Waals surface area contributed by atoms with Gasteiger partial charge in [0.15, 0.2) is 0 Å². The van der Waals surface area contributed by atoms with Crippen LogP contribution in [0.3, 0.4) is 0 Å². The van der Waals surface area contributed by atoms with Gasteiger partial charge in [-0.15, -0.1) is 22.7 Å². The summed E-state index contributed by atoms with van der Waals surface area (Å²) >= 11 is 2.03. The molecule has 0 radical (unpaired) electrons. The molecule has 0 aliphatic carbocycles. The molecule has 4 heterocycles. The van der Waals surface area contributed by atoms with Gasteiger partial charge in [-0.3, -0.25) is 9.59 Å². The standard InChI is InChI=1S/C35H27N7O4S2/c1-3-45-17-22-20(15-36)23(18-11-7-5-8-12-18)26-28(30(31(39)43)48-35(26)40-22)41-32(44)29-27(38)25-24(19-13-9-6-10-14-19)21(16-37)33(46-4-2)42-34(25)47-29/h5-14H,3-4,17,38H2,1-2H3,(H2,39,43)(H,41,44). The number of rotatable bonds is 10. The van der Waals surface area contributed by atoms with Crippen molar-refractivity contribution in [1.29, 1.82) is 10.5 Å². The number of carbonyl (C=O) groups excluding carboxylic acids is 2. The van der Waals surface area contributed by atoms with Gasteiger partial charge in [0.25, 0.3) is 11.8 Å². The van der Waals surface area contributed by atoms with Crippen LogP contribution in [-0.4, -0.2) is 35.0 Å². The summed E-state index contributed by atoms with van der Waals surface area (Å²) in [7, 11) is 0. The second-order valence-electron chi connectivity index (χ2n) is 10.3. The molecular formula is C35H27N7O4S2. The van der Waals surface area contributed by atoms with Gasteiger partial charge in [-0.25, -0.2) is 9.97 Å². The summed E-state index contributed by atoms with van der Waals surface area (Å²) in [4.78, 5) is 37.2. The predicted octanol–water partition coefficient (Wildman–Crippen LogP) is 6.85. The van der Waals surface area contributed by atoms with E-state index in [4.69, 9.17) is 25.9 Å². The Balaban J connectivity index is 1.58. The third-order valence-electron chi connectivity index (χ3n) is 7.50. The molecule has 0 saturated heterocycles. The molecule has 5 N–H and O–H groups in total. The van der Waals surface area contributed by atoms with Crippen LogP contribution in [0.25, 0.3) is 42.7 Å². The second kappa shape index (κ2) is 13.5. The van der Waals surface area contributed by atoms with Gasteiger partial charge in [0, 0.05) is 28.5 Å². The van der Waals surface area contributed by atoms with Crippen molar-refractivity contribution in [3.8, 4) is 40.3 Å². The molecule has 0 bridgehead atoms. The largest absolute Gasteiger partial charge is 0.477 e. The van der Waals surface area contributed by atoms with Crippen molar-refractivity contribution in [2.24, 2.45) is 5.73 Å². The van der Waals surface area contributed by atoms with Crippen LogP contribution in [0.2, 0.25) is 0 Å². The van der Waals surface area contributed by atoms with Gasteiger partial charge in [-0.05, 0) is 25.0 Å². The highest BCUT2D eigenvalue weighted by Crippen LogP contribution is 2.46. The molecule has 6 rings (SSSR count). The van der Waals surface area contributed by atoms with Crippen LogP contribution in [0.1, 0.15) is 50.0 Å². The number of aromatic nitrogens is 2. The van der Waals surface area contributed by atoms with Gasteiger partial charge in [0.1, 0.15) is 37.1 Å². The number of nitrogens with one attached hydrogen (secondary N) is 1. The minimum Gasteiger partial charge on any atom is -0.477 e. The fraction of sp³-hybridized carbons (Fsp3) is 0.143. The number of benzene rings is 2. The van der Waals surface area contributed by atoms with E-state index in [0.717, 1.165) is 22.7 Å². The van der Waals surface area contributed by atoms with Crippen LogP contribution in [0, 0.1) is 22.7 Å². The first-order valence-electron chi connectivity index (χ1n) is 14.8. The fourth-order valence-corrected chi connectivity index (χ4v) is 7.50. The lowest BCUT2D eigenvalue weighted by molar-refractivity contribution is 0.100. The van der Waals surface area contributed by atoms with E-state index in [2.05, 4.69) is 22.4 Å². The van der Waals surface area contributed by atoms with Crippen LogP contribution in [0.5, 0.6) is 5.88 Å². The summed E-state index contributed by atoms with van der Waals surface area (Å²) < 4.78 is 11.3. The van der Waals surface area contributed by atoms with Gasteiger partial charge >= 0.3 is 0 Å². The Labute approximate surface area is 283 Å². The van der Waals surface area contributed by atoms with Crippen molar-refractivity contribution in [3.05, 3.63) is 87.2 Å². The highest BCUT2D eigenvalue weighted by Gasteiger charge is 2.30. The van der Waals surface area contributed by atoms with Crippen molar-refractivity contribution < 1.29 is 19.1 Å². The van der Waals surface area contributed by atoms with E-state index in [1.807, 2.05) is 67.6 Å². The zero-order valence-electron chi connectivity index (χ0n) is 25.8. The molecule has 0 aliphatic rings. The molecule has 11 nitrogen and oxygen atoms in total. The molecule has 2 amide bonds. The summed E-state index contributed by atoms with van der Waals surface area (Å²) in [5.41, 5.74) is 16.0. The lowest BCUT2D eigenvalue weighted by Crippen LogP contribution is -2.17. The molecule has 0 saturated carbocycles. The average Bonchev–Trinajstić information content (AvgIpc) is 3.63. The number of nitrogen functional groups attached to an aromatic ring is 1. The highest BCUT2D eigenvalue weighted by molar-refractivity contribution is 7.22. The molecule has 4 aromatic heterocycles. The number of nitrogens with zero attached hydrogens (tertiary/aromatic N) is 4. The maximum absolute atomic E-state index is 14.2. The Kier molecular flexibility index (Phi) is 9.01. The van der Waals surface area contributed by atoms with Crippen LogP contribution in [-0.2, 0) is 11.3 Å². The summed E-state index contributed by atoms with van der Waals surface area (Å²) in [5, 5.41) is 24.2. The number of pyridine rings is 2. The van der Waals surface area contributed by atoms with Gasteiger partial charge in [0.2, 0.25) is 5.88 Å². The van der Waals surface area contributed by atoms with Crippen LogP contribution in [0.15, 0.2) is 60.7 Å². The quantitative estimate of drug-likeness (QED) is 0.140. The molecule has 0 fully saturated rings. The Morgan fingerprint density at radius 3 is 1.98 bits per heavy atom. The Morgan fingerprint density at radius 1 is 0.833 bits per heavy atom. The minimum atomic E-state index is -0.783. The number of carbonyl (C=O) groups is 2. The number of fused-ring (bicyclic) bond motifs is 2. The van der Waals surface area contributed by atoms with Crippen molar-refractivity contribution in [1.82, 2.24) is 9.97 Å². The van der Waals surface area contributed by atoms with Crippen LogP contribution >= 0.6 is 22.7 Å². The lowest BCUT2D eigenvalue weighted by atomic mass is 9.95. The number of hydrogen-bond acceptors (Lipinski definition) is 11. The van der Waals surface area contributed by atoms with E-state index in [-0.39, 0.29) is 51.3 Å².